The van der Waals surface area contributed by atoms with E-state index in [1.54, 1.807) is 0 Å². The molecule has 0 N–H and O–H groups in total. The van der Waals surface area contributed by atoms with Crippen molar-refractivity contribution in [1.29, 1.82) is 0 Å². The topological polar surface area (TPSA) is 53.1 Å². The van der Waals surface area contributed by atoms with E-state index in [-0.39, 0.29) is 5.91 Å². The summed E-state index contributed by atoms with van der Waals surface area (Å²) >= 11 is 0. The van der Waals surface area contributed by atoms with Gasteiger partial charge in [-0.1, -0.05) is 12.1 Å². The van der Waals surface area contributed by atoms with Crippen LogP contribution in [-0.2, 0) is 9.59 Å². The Hall–Kier alpha value is -2.08. The number of amides is 2. The number of fused-ring (bicyclic) bond motifs is 1. The molecule has 4 rings (SSSR count). The zero-order valence-corrected chi connectivity index (χ0v) is 14.5. The summed E-state index contributed by atoms with van der Waals surface area (Å²) in [4.78, 5) is 30.8. The van der Waals surface area contributed by atoms with Crippen molar-refractivity contribution in [2.24, 2.45) is 0 Å². The molecule has 0 aliphatic carbocycles. The van der Waals surface area contributed by atoms with Gasteiger partial charge in [-0.25, -0.2) is 0 Å². The number of para-hydroxylation sites is 2. The fourth-order valence-electron chi connectivity index (χ4n) is 4.15. The van der Waals surface area contributed by atoms with Gasteiger partial charge in [0.15, 0.2) is 0 Å². The van der Waals surface area contributed by atoms with Crippen LogP contribution in [0.15, 0.2) is 24.3 Å². The Morgan fingerprint density at radius 3 is 2.68 bits per heavy atom. The lowest BCUT2D eigenvalue weighted by molar-refractivity contribution is -0.131. The van der Waals surface area contributed by atoms with Gasteiger partial charge in [0.25, 0.3) is 0 Å². The summed E-state index contributed by atoms with van der Waals surface area (Å²) in [6.45, 7) is 4.26. The second-order valence-corrected chi connectivity index (χ2v) is 7.06. The van der Waals surface area contributed by atoms with Crippen molar-refractivity contribution in [2.45, 2.75) is 31.7 Å². The molecule has 1 aromatic carbocycles. The Morgan fingerprint density at radius 1 is 1.12 bits per heavy atom. The minimum atomic E-state index is 0.131. The van der Waals surface area contributed by atoms with Gasteiger partial charge in [0, 0.05) is 32.1 Å². The summed E-state index contributed by atoms with van der Waals surface area (Å²) in [6, 6.07) is 8.08. The molecular weight excluding hydrogens is 318 g/mol. The lowest BCUT2D eigenvalue weighted by Crippen LogP contribution is -2.49. The SMILES string of the molecule is O=C(CN1CCC(N2CCCC2=O)CC1)N1CCOc2ccccc21. The number of hydrogen-bond acceptors (Lipinski definition) is 4. The molecule has 6 nitrogen and oxygen atoms in total. The number of piperidine rings is 1. The smallest absolute Gasteiger partial charge is 0.241 e. The standard InChI is InChI=1S/C19H25N3O3/c23-18-6-3-9-21(18)15-7-10-20(11-8-15)14-19(24)22-12-13-25-17-5-2-1-4-16(17)22/h1-2,4-5,15H,3,6-14H2. The van der Waals surface area contributed by atoms with E-state index in [0.29, 0.717) is 38.1 Å². The van der Waals surface area contributed by atoms with E-state index < -0.39 is 0 Å². The van der Waals surface area contributed by atoms with Gasteiger partial charge < -0.3 is 14.5 Å². The van der Waals surface area contributed by atoms with Crippen molar-refractivity contribution in [3.63, 3.8) is 0 Å². The maximum atomic E-state index is 12.8. The number of benzene rings is 1. The van der Waals surface area contributed by atoms with Crippen molar-refractivity contribution >= 4 is 17.5 Å². The Balaban J connectivity index is 1.33. The molecule has 3 heterocycles. The van der Waals surface area contributed by atoms with Crippen molar-refractivity contribution in [1.82, 2.24) is 9.80 Å². The summed E-state index contributed by atoms with van der Waals surface area (Å²) in [5.74, 6) is 1.22. The fraction of sp³-hybridized carbons (Fsp3) is 0.579. The van der Waals surface area contributed by atoms with Crippen LogP contribution in [0.25, 0.3) is 0 Å². The number of carbonyl (C=O) groups is 2. The van der Waals surface area contributed by atoms with Gasteiger partial charge in [-0.05, 0) is 31.4 Å². The summed E-state index contributed by atoms with van der Waals surface area (Å²) in [5, 5.41) is 0. The van der Waals surface area contributed by atoms with E-state index in [1.165, 1.54) is 0 Å². The van der Waals surface area contributed by atoms with Gasteiger partial charge >= 0.3 is 0 Å². The Bertz CT molecular complexity index is 655. The molecule has 6 heteroatoms. The Labute approximate surface area is 148 Å². The molecule has 1 aromatic rings. The van der Waals surface area contributed by atoms with Crippen molar-refractivity contribution in [3.05, 3.63) is 24.3 Å². The summed E-state index contributed by atoms with van der Waals surface area (Å²) in [6.07, 6.45) is 3.64. The van der Waals surface area contributed by atoms with Crippen LogP contribution in [-0.4, -0.2) is 67.0 Å². The lowest BCUT2D eigenvalue weighted by atomic mass is 10.0. The number of carbonyl (C=O) groups excluding carboxylic acids is 2. The number of ether oxygens (including phenoxy) is 1. The molecule has 2 amide bonds. The maximum absolute atomic E-state index is 12.8. The average Bonchev–Trinajstić information content (AvgIpc) is 3.08. The molecule has 0 spiro atoms. The van der Waals surface area contributed by atoms with E-state index in [2.05, 4.69) is 9.80 Å². The molecule has 2 saturated heterocycles. The molecule has 25 heavy (non-hydrogen) atoms. The van der Waals surface area contributed by atoms with E-state index in [1.807, 2.05) is 29.2 Å². The minimum absolute atomic E-state index is 0.131. The summed E-state index contributed by atoms with van der Waals surface area (Å²) < 4.78 is 5.63. The van der Waals surface area contributed by atoms with Crippen LogP contribution in [0.1, 0.15) is 25.7 Å². The van der Waals surface area contributed by atoms with Crippen LogP contribution >= 0.6 is 0 Å². The first kappa shape index (κ1) is 16.4. The quantitative estimate of drug-likeness (QED) is 0.835. The minimum Gasteiger partial charge on any atom is -0.490 e. The molecule has 0 aromatic heterocycles. The predicted molar refractivity (Wildman–Crippen MR) is 94.7 cm³/mol. The summed E-state index contributed by atoms with van der Waals surface area (Å²) in [7, 11) is 0. The van der Waals surface area contributed by atoms with E-state index in [4.69, 9.17) is 4.74 Å². The first-order valence-electron chi connectivity index (χ1n) is 9.26. The number of anilines is 1. The van der Waals surface area contributed by atoms with E-state index in [9.17, 15) is 9.59 Å². The van der Waals surface area contributed by atoms with Gasteiger partial charge in [0.2, 0.25) is 11.8 Å². The van der Waals surface area contributed by atoms with Crippen molar-refractivity contribution in [3.8, 4) is 5.75 Å². The number of nitrogens with zero attached hydrogens (tertiary/aromatic N) is 3. The Morgan fingerprint density at radius 2 is 1.92 bits per heavy atom. The average molecular weight is 343 g/mol. The van der Waals surface area contributed by atoms with Crippen LogP contribution in [0, 0.1) is 0 Å². The van der Waals surface area contributed by atoms with Gasteiger partial charge in [-0.15, -0.1) is 0 Å². The highest BCUT2D eigenvalue weighted by molar-refractivity contribution is 5.96. The van der Waals surface area contributed by atoms with Gasteiger partial charge in [0.1, 0.15) is 12.4 Å². The molecule has 0 saturated carbocycles. The molecule has 3 aliphatic rings. The number of rotatable bonds is 3. The molecular formula is C19H25N3O3. The summed E-state index contributed by atoms with van der Waals surface area (Å²) in [5.41, 5.74) is 0.872. The lowest BCUT2D eigenvalue weighted by Gasteiger charge is -2.37. The molecule has 3 aliphatic heterocycles. The van der Waals surface area contributed by atoms with Gasteiger partial charge in [-0.2, -0.15) is 0 Å². The maximum Gasteiger partial charge on any atom is 0.241 e. The Kier molecular flexibility index (Phi) is 4.61. The van der Waals surface area contributed by atoms with E-state index in [0.717, 1.165) is 50.3 Å². The second kappa shape index (κ2) is 7.04. The van der Waals surface area contributed by atoms with Crippen molar-refractivity contribution < 1.29 is 14.3 Å². The highest BCUT2D eigenvalue weighted by Crippen LogP contribution is 2.31. The molecule has 2 fully saturated rings. The molecule has 0 unspecified atom stereocenters. The number of likely N-dealkylation sites (tertiary alicyclic amines) is 2. The second-order valence-electron chi connectivity index (χ2n) is 7.06. The number of hydrogen-bond donors (Lipinski definition) is 0. The zero-order chi connectivity index (χ0) is 17.2. The van der Waals surface area contributed by atoms with Gasteiger partial charge in [-0.3, -0.25) is 14.5 Å². The van der Waals surface area contributed by atoms with Crippen LogP contribution in [0.5, 0.6) is 5.75 Å². The van der Waals surface area contributed by atoms with Crippen LogP contribution in [0.4, 0.5) is 5.69 Å². The van der Waals surface area contributed by atoms with E-state index >= 15 is 0 Å². The fourth-order valence-corrected chi connectivity index (χ4v) is 4.15. The molecule has 0 bridgehead atoms. The van der Waals surface area contributed by atoms with Gasteiger partial charge in [0.05, 0.1) is 18.8 Å². The highest BCUT2D eigenvalue weighted by atomic mass is 16.5. The highest BCUT2D eigenvalue weighted by Gasteiger charge is 2.32. The monoisotopic (exact) mass is 343 g/mol. The van der Waals surface area contributed by atoms with Crippen LogP contribution < -0.4 is 9.64 Å². The third kappa shape index (κ3) is 3.35. The molecule has 134 valence electrons. The molecule has 0 radical (unpaired) electrons. The third-order valence-corrected chi connectivity index (χ3v) is 5.50. The van der Waals surface area contributed by atoms with Crippen LogP contribution in [0.3, 0.4) is 0 Å². The normalized spacial score (nSPS) is 22.0. The zero-order valence-electron chi connectivity index (χ0n) is 14.5. The van der Waals surface area contributed by atoms with Crippen molar-refractivity contribution in [2.75, 3.05) is 44.2 Å². The third-order valence-electron chi connectivity index (χ3n) is 5.50. The largest absolute Gasteiger partial charge is 0.490 e. The first-order chi connectivity index (χ1) is 12.2. The van der Waals surface area contributed by atoms with Crippen LogP contribution in [0.2, 0.25) is 0 Å². The predicted octanol–water partition coefficient (Wildman–Crippen LogP) is 1.50. The first-order valence-corrected chi connectivity index (χ1v) is 9.26. The molecule has 0 atom stereocenters.